The van der Waals surface area contributed by atoms with Gasteiger partial charge in [0.2, 0.25) is 5.91 Å². The number of rotatable bonds is 3. The van der Waals surface area contributed by atoms with Crippen LogP contribution in [0.2, 0.25) is 0 Å². The molecule has 0 aliphatic carbocycles. The summed E-state index contributed by atoms with van der Waals surface area (Å²) in [7, 11) is 1.46. The maximum Gasteiger partial charge on any atom is 0.336 e. The molecule has 0 saturated heterocycles. The van der Waals surface area contributed by atoms with Crippen molar-refractivity contribution >= 4 is 17.6 Å². The summed E-state index contributed by atoms with van der Waals surface area (Å²) in [5.41, 5.74) is 4.64. The van der Waals surface area contributed by atoms with Gasteiger partial charge in [-0.05, 0) is 54.8 Å². The first-order valence-corrected chi connectivity index (χ1v) is 9.07. The molecular weight excluding hydrogens is 358 g/mol. The second-order valence-electron chi connectivity index (χ2n) is 7.20. The number of carbonyl (C=O) groups excluding carboxylic acids is 2. The third kappa shape index (κ3) is 2.91. The lowest BCUT2D eigenvalue weighted by molar-refractivity contribution is -0.136. The monoisotopic (exact) mass is 379 g/mol. The number of methoxy groups -OCH3 is 1. The van der Waals surface area contributed by atoms with Crippen molar-refractivity contribution in [3.05, 3.63) is 64.4 Å². The summed E-state index contributed by atoms with van der Waals surface area (Å²) in [5, 5.41) is 9.86. The van der Waals surface area contributed by atoms with Crippen LogP contribution < -0.4 is 9.64 Å². The molecule has 6 nitrogen and oxygen atoms in total. The van der Waals surface area contributed by atoms with Crippen LogP contribution in [0.5, 0.6) is 11.5 Å². The second kappa shape index (κ2) is 6.71. The van der Waals surface area contributed by atoms with Gasteiger partial charge in [0.25, 0.3) is 0 Å². The fraction of sp³-hybridized carbons (Fsp3) is 0.273. The van der Waals surface area contributed by atoms with E-state index >= 15 is 0 Å². The van der Waals surface area contributed by atoms with E-state index in [9.17, 15) is 14.7 Å². The summed E-state index contributed by atoms with van der Waals surface area (Å²) in [4.78, 5) is 27.3. The van der Waals surface area contributed by atoms with Gasteiger partial charge in [0, 0.05) is 18.0 Å². The van der Waals surface area contributed by atoms with Crippen LogP contribution in [0.4, 0.5) is 5.69 Å². The summed E-state index contributed by atoms with van der Waals surface area (Å²) in [5.74, 6) is -0.634. The topological polar surface area (TPSA) is 76.1 Å². The molecule has 144 valence electrons. The summed E-state index contributed by atoms with van der Waals surface area (Å²) in [6, 6.07) is 10.8. The Morgan fingerprint density at radius 3 is 2.50 bits per heavy atom. The Labute approximate surface area is 163 Å². The van der Waals surface area contributed by atoms with E-state index < -0.39 is 11.9 Å². The first-order chi connectivity index (χ1) is 13.4. The van der Waals surface area contributed by atoms with E-state index in [-0.39, 0.29) is 24.7 Å². The molecule has 1 atom stereocenters. The van der Waals surface area contributed by atoms with Gasteiger partial charge in [-0.3, -0.25) is 9.69 Å². The molecule has 28 heavy (non-hydrogen) atoms. The number of phenols is 1. The summed E-state index contributed by atoms with van der Waals surface area (Å²) in [6.45, 7) is 4.02. The molecule has 2 heterocycles. The lowest BCUT2D eigenvalue weighted by Crippen LogP contribution is -2.37. The number of carbonyl (C=O) groups is 2. The average Bonchev–Trinajstić information content (AvgIpc) is 3.02. The zero-order chi connectivity index (χ0) is 20.0. The van der Waals surface area contributed by atoms with E-state index in [0.29, 0.717) is 17.0 Å². The van der Waals surface area contributed by atoms with Crippen LogP contribution in [0.15, 0.2) is 47.7 Å². The Hall–Kier alpha value is -3.28. The maximum absolute atomic E-state index is 13.1. The molecule has 1 amide bonds. The average molecular weight is 379 g/mol. The Morgan fingerprint density at radius 2 is 1.82 bits per heavy atom. The summed E-state index contributed by atoms with van der Waals surface area (Å²) >= 11 is 0. The lowest BCUT2D eigenvalue weighted by atomic mass is 9.84. The fourth-order valence-corrected chi connectivity index (χ4v) is 4.03. The molecule has 4 rings (SSSR count). The zero-order valence-electron chi connectivity index (χ0n) is 16.0. The number of esters is 1. The number of aromatic hydroxyl groups is 1. The van der Waals surface area contributed by atoms with E-state index in [0.717, 1.165) is 22.4 Å². The third-order valence-corrected chi connectivity index (χ3v) is 5.19. The maximum atomic E-state index is 13.1. The smallest absolute Gasteiger partial charge is 0.336 e. The van der Waals surface area contributed by atoms with Crippen LogP contribution in [0.1, 0.15) is 29.0 Å². The van der Waals surface area contributed by atoms with Crippen molar-refractivity contribution < 1.29 is 24.2 Å². The molecule has 0 radical (unpaired) electrons. The Bertz CT molecular complexity index is 1000. The van der Waals surface area contributed by atoms with Crippen LogP contribution in [-0.2, 0) is 14.3 Å². The van der Waals surface area contributed by atoms with Crippen molar-refractivity contribution in [3.8, 4) is 11.5 Å². The van der Waals surface area contributed by atoms with Gasteiger partial charge in [-0.15, -0.1) is 0 Å². The van der Waals surface area contributed by atoms with Crippen molar-refractivity contribution in [1.82, 2.24) is 0 Å². The fourth-order valence-electron chi connectivity index (χ4n) is 4.03. The zero-order valence-corrected chi connectivity index (χ0v) is 16.0. The quantitative estimate of drug-likeness (QED) is 0.828. The number of phenolic OH excluding ortho intramolecular Hbond substituents is 1. The molecule has 0 aromatic heterocycles. The van der Waals surface area contributed by atoms with E-state index in [1.54, 1.807) is 17.0 Å². The van der Waals surface area contributed by atoms with Gasteiger partial charge < -0.3 is 14.6 Å². The Balaban J connectivity index is 1.84. The summed E-state index contributed by atoms with van der Waals surface area (Å²) in [6.07, 6.45) is 0.134. The molecule has 0 bridgehead atoms. The van der Waals surface area contributed by atoms with E-state index in [1.165, 1.54) is 13.2 Å². The Morgan fingerprint density at radius 1 is 1.11 bits per heavy atom. The standard InChI is InChI=1S/C22H21NO5/c1-12-6-13(2)8-15(7-12)23-17-11-28-22(26)21(17)16(10-20(23)25)14-4-5-18(24)19(9-14)27-3/h4-9,16,24H,10-11H2,1-3H3/t16-/m1/s1. The molecule has 2 aromatic carbocycles. The van der Waals surface area contributed by atoms with Gasteiger partial charge in [0.1, 0.15) is 6.61 Å². The van der Waals surface area contributed by atoms with Gasteiger partial charge in [0.15, 0.2) is 11.5 Å². The number of anilines is 1. The van der Waals surface area contributed by atoms with Crippen LogP contribution in [-0.4, -0.2) is 30.7 Å². The van der Waals surface area contributed by atoms with E-state index in [4.69, 9.17) is 9.47 Å². The van der Waals surface area contributed by atoms with Crippen LogP contribution >= 0.6 is 0 Å². The number of ether oxygens (including phenoxy) is 2. The van der Waals surface area contributed by atoms with Gasteiger partial charge in [-0.2, -0.15) is 0 Å². The van der Waals surface area contributed by atoms with Crippen molar-refractivity contribution in [1.29, 1.82) is 0 Å². The third-order valence-electron chi connectivity index (χ3n) is 5.19. The van der Waals surface area contributed by atoms with Gasteiger partial charge in [-0.25, -0.2) is 4.79 Å². The number of benzene rings is 2. The highest BCUT2D eigenvalue weighted by atomic mass is 16.5. The van der Waals surface area contributed by atoms with Gasteiger partial charge in [0.05, 0.1) is 18.4 Å². The minimum Gasteiger partial charge on any atom is -0.504 e. The van der Waals surface area contributed by atoms with Crippen molar-refractivity contribution in [2.45, 2.75) is 26.2 Å². The molecular formula is C22H21NO5. The number of cyclic esters (lactones) is 1. The minimum atomic E-state index is -0.436. The molecule has 0 unspecified atom stereocenters. The molecule has 2 aromatic rings. The van der Waals surface area contributed by atoms with Crippen LogP contribution in [0.25, 0.3) is 0 Å². The lowest BCUT2D eigenvalue weighted by Gasteiger charge is -2.32. The van der Waals surface area contributed by atoms with Gasteiger partial charge in [-0.1, -0.05) is 12.1 Å². The van der Waals surface area contributed by atoms with Gasteiger partial charge >= 0.3 is 5.97 Å². The molecule has 2 aliphatic rings. The molecule has 0 saturated carbocycles. The van der Waals surface area contributed by atoms with Crippen molar-refractivity contribution in [3.63, 3.8) is 0 Å². The SMILES string of the molecule is COc1cc([C@H]2CC(=O)N(c3cc(C)cc(C)c3)C3=C2C(=O)OC3)ccc1O. The predicted octanol–water partition coefficient (Wildman–Crippen LogP) is 3.35. The molecule has 6 heteroatoms. The molecule has 1 N–H and O–H groups in total. The van der Waals surface area contributed by atoms with Crippen molar-refractivity contribution in [2.75, 3.05) is 18.6 Å². The number of hydrogen-bond donors (Lipinski definition) is 1. The molecule has 2 aliphatic heterocycles. The van der Waals surface area contributed by atoms with Crippen molar-refractivity contribution in [2.24, 2.45) is 0 Å². The van der Waals surface area contributed by atoms with E-state index in [1.807, 2.05) is 32.0 Å². The first kappa shape index (κ1) is 18.1. The molecule has 0 spiro atoms. The highest BCUT2D eigenvalue weighted by molar-refractivity contribution is 6.06. The van der Waals surface area contributed by atoms with Crippen LogP contribution in [0.3, 0.4) is 0 Å². The highest BCUT2D eigenvalue weighted by Gasteiger charge is 2.43. The second-order valence-corrected chi connectivity index (χ2v) is 7.20. The largest absolute Gasteiger partial charge is 0.504 e. The predicted molar refractivity (Wildman–Crippen MR) is 103 cm³/mol. The number of hydrogen-bond acceptors (Lipinski definition) is 5. The minimum absolute atomic E-state index is 0.00782. The number of aryl methyl sites for hydroxylation is 2. The molecule has 0 fully saturated rings. The Kier molecular flexibility index (Phi) is 4.34. The highest BCUT2D eigenvalue weighted by Crippen LogP contribution is 2.43. The van der Waals surface area contributed by atoms with E-state index in [2.05, 4.69) is 0 Å². The number of amides is 1. The van der Waals surface area contributed by atoms with Crippen LogP contribution in [0, 0.1) is 13.8 Å². The number of nitrogens with zero attached hydrogens (tertiary/aromatic N) is 1. The summed E-state index contributed by atoms with van der Waals surface area (Å²) < 4.78 is 10.5. The first-order valence-electron chi connectivity index (χ1n) is 9.07. The normalized spacial score (nSPS) is 19.0.